The number of carbonyl (C=O) groups excluding carboxylic acids is 1. The zero-order chi connectivity index (χ0) is 10.9. The largest absolute Gasteiger partial charge is 0.457 e. The Morgan fingerprint density at radius 3 is 2.64 bits per heavy atom. The fourth-order valence-corrected chi connectivity index (χ4v) is 2.13. The highest BCUT2D eigenvalue weighted by Gasteiger charge is 2.38. The first-order valence-corrected chi connectivity index (χ1v) is 4.86. The molecular weight excluding hydrogens is 180 g/mol. The lowest BCUT2D eigenvalue weighted by atomic mass is 9.74. The van der Waals surface area contributed by atoms with Crippen molar-refractivity contribution in [3.8, 4) is 0 Å². The summed E-state index contributed by atoms with van der Waals surface area (Å²) in [5.74, 6) is -0.271. The first-order chi connectivity index (χ1) is 6.33. The standard InChI is InChI=1S/C11H18O3/c1-7-5-9(13)6-11(3,4)10(7)14-8(2)12/h5,9-10,13H,6H2,1-4H3. The van der Waals surface area contributed by atoms with Gasteiger partial charge in [0.05, 0.1) is 6.10 Å². The molecule has 0 bridgehead atoms. The molecule has 0 aromatic carbocycles. The fourth-order valence-electron chi connectivity index (χ4n) is 2.13. The Balaban J connectivity index is 2.89. The van der Waals surface area contributed by atoms with E-state index >= 15 is 0 Å². The molecule has 2 atom stereocenters. The molecule has 3 heteroatoms. The molecule has 14 heavy (non-hydrogen) atoms. The average molecular weight is 198 g/mol. The van der Waals surface area contributed by atoms with Crippen LogP contribution in [0, 0.1) is 5.41 Å². The number of hydrogen-bond acceptors (Lipinski definition) is 3. The van der Waals surface area contributed by atoms with E-state index in [1.165, 1.54) is 6.92 Å². The lowest BCUT2D eigenvalue weighted by molar-refractivity contribution is -0.151. The van der Waals surface area contributed by atoms with Crippen molar-refractivity contribution in [3.63, 3.8) is 0 Å². The summed E-state index contributed by atoms with van der Waals surface area (Å²) in [6.07, 6.45) is 1.77. The summed E-state index contributed by atoms with van der Waals surface area (Å²) in [5.41, 5.74) is 0.744. The van der Waals surface area contributed by atoms with Crippen LogP contribution in [0.15, 0.2) is 11.6 Å². The smallest absolute Gasteiger partial charge is 0.303 e. The summed E-state index contributed by atoms with van der Waals surface area (Å²) < 4.78 is 5.25. The van der Waals surface area contributed by atoms with Crippen molar-refractivity contribution < 1.29 is 14.6 Å². The molecule has 0 saturated carbocycles. The molecular formula is C11H18O3. The predicted octanol–water partition coefficient (Wildman–Crippen LogP) is 1.66. The van der Waals surface area contributed by atoms with E-state index in [1.54, 1.807) is 6.08 Å². The Kier molecular flexibility index (Phi) is 3.00. The SMILES string of the molecule is CC(=O)OC1C(C)=CC(O)CC1(C)C. The maximum absolute atomic E-state index is 10.9. The quantitative estimate of drug-likeness (QED) is 0.515. The monoisotopic (exact) mass is 198 g/mol. The van der Waals surface area contributed by atoms with E-state index in [2.05, 4.69) is 0 Å². The van der Waals surface area contributed by atoms with E-state index in [9.17, 15) is 9.90 Å². The van der Waals surface area contributed by atoms with Gasteiger partial charge in [-0.1, -0.05) is 19.9 Å². The predicted molar refractivity (Wildman–Crippen MR) is 53.7 cm³/mol. The number of rotatable bonds is 1. The van der Waals surface area contributed by atoms with Crippen molar-refractivity contribution in [2.45, 2.75) is 46.3 Å². The zero-order valence-corrected chi connectivity index (χ0v) is 9.20. The van der Waals surface area contributed by atoms with Crippen LogP contribution in [0.1, 0.15) is 34.1 Å². The number of ether oxygens (including phenoxy) is 1. The van der Waals surface area contributed by atoms with Crippen LogP contribution in [0.5, 0.6) is 0 Å². The summed E-state index contributed by atoms with van der Waals surface area (Å²) in [7, 11) is 0. The van der Waals surface area contributed by atoms with E-state index in [0.29, 0.717) is 6.42 Å². The van der Waals surface area contributed by atoms with Crippen LogP contribution in [0.2, 0.25) is 0 Å². The minimum Gasteiger partial charge on any atom is -0.457 e. The average Bonchev–Trinajstić information content (AvgIpc) is 1.95. The molecule has 0 fully saturated rings. The maximum Gasteiger partial charge on any atom is 0.303 e. The van der Waals surface area contributed by atoms with Crippen molar-refractivity contribution in [2.24, 2.45) is 5.41 Å². The van der Waals surface area contributed by atoms with Gasteiger partial charge in [-0.15, -0.1) is 0 Å². The van der Waals surface area contributed by atoms with Gasteiger partial charge in [0.2, 0.25) is 0 Å². The molecule has 0 aliphatic heterocycles. The lowest BCUT2D eigenvalue weighted by Gasteiger charge is -2.39. The van der Waals surface area contributed by atoms with Crippen molar-refractivity contribution >= 4 is 5.97 Å². The number of hydrogen-bond donors (Lipinski definition) is 1. The molecule has 0 heterocycles. The molecule has 1 rings (SSSR count). The zero-order valence-electron chi connectivity index (χ0n) is 9.20. The van der Waals surface area contributed by atoms with Crippen molar-refractivity contribution in [3.05, 3.63) is 11.6 Å². The first kappa shape index (κ1) is 11.2. The van der Waals surface area contributed by atoms with Gasteiger partial charge >= 0.3 is 5.97 Å². The molecule has 0 spiro atoms. The number of esters is 1. The number of aliphatic hydroxyl groups excluding tert-OH is 1. The van der Waals surface area contributed by atoms with Gasteiger partial charge in [-0.25, -0.2) is 0 Å². The van der Waals surface area contributed by atoms with Gasteiger partial charge in [-0.3, -0.25) is 4.79 Å². The van der Waals surface area contributed by atoms with Crippen LogP contribution in [0.4, 0.5) is 0 Å². The molecule has 2 unspecified atom stereocenters. The summed E-state index contributed by atoms with van der Waals surface area (Å²) in [6, 6.07) is 0. The first-order valence-electron chi connectivity index (χ1n) is 4.86. The molecule has 0 aromatic heterocycles. The van der Waals surface area contributed by atoms with Gasteiger partial charge in [0.15, 0.2) is 0 Å². The van der Waals surface area contributed by atoms with Gasteiger partial charge in [0, 0.05) is 12.3 Å². The molecule has 3 nitrogen and oxygen atoms in total. The van der Waals surface area contributed by atoms with Gasteiger partial charge in [0.25, 0.3) is 0 Å². The van der Waals surface area contributed by atoms with Crippen LogP contribution < -0.4 is 0 Å². The molecule has 0 saturated heterocycles. The second kappa shape index (κ2) is 3.73. The van der Waals surface area contributed by atoms with Crippen LogP contribution in [-0.4, -0.2) is 23.3 Å². The van der Waals surface area contributed by atoms with Crippen molar-refractivity contribution in [1.82, 2.24) is 0 Å². The van der Waals surface area contributed by atoms with Crippen LogP contribution in [-0.2, 0) is 9.53 Å². The van der Waals surface area contributed by atoms with Gasteiger partial charge < -0.3 is 9.84 Å². The third-order valence-electron chi connectivity index (χ3n) is 2.60. The fraction of sp³-hybridized carbons (Fsp3) is 0.727. The van der Waals surface area contributed by atoms with E-state index in [0.717, 1.165) is 5.57 Å². The van der Waals surface area contributed by atoms with E-state index in [4.69, 9.17) is 4.74 Å². The third-order valence-corrected chi connectivity index (χ3v) is 2.60. The summed E-state index contributed by atoms with van der Waals surface area (Å²) >= 11 is 0. The molecule has 80 valence electrons. The Hall–Kier alpha value is -0.830. The topological polar surface area (TPSA) is 46.5 Å². The summed E-state index contributed by atoms with van der Waals surface area (Å²) in [5, 5.41) is 9.55. The molecule has 1 aliphatic rings. The Bertz CT molecular complexity index is 266. The second-order valence-electron chi connectivity index (χ2n) is 4.66. The minimum absolute atomic E-state index is 0.191. The Morgan fingerprint density at radius 1 is 1.64 bits per heavy atom. The van der Waals surface area contributed by atoms with Gasteiger partial charge in [0.1, 0.15) is 6.10 Å². The number of carbonyl (C=O) groups is 1. The molecule has 0 aromatic rings. The Morgan fingerprint density at radius 2 is 2.21 bits per heavy atom. The van der Waals surface area contributed by atoms with E-state index < -0.39 is 6.10 Å². The summed E-state index contributed by atoms with van der Waals surface area (Å²) in [6.45, 7) is 7.30. The van der Waals surface area contributed by atoms with Crippen molar-refractivity contribution in [1.29, 1.82) is 0 Å². The van der Waals surface area contributed by atoms with Crippen LogP contribution in [0.25, 0.3) is 0 Å². The number of aliphatic hydroxyl groups is 1. The second-order valence-corrected chi connectivity index (χ2v) is 4.66. The highest BCUT2D eigenvalue weighted by atomic mass is 16.5. The van der Waals surface area contributed by atoms with E-state index in [1.807, 2.05) is 20.8 Å². The van der Waals surface area contributed by atoms with Gasteiger partial charge in [-0.05, 0) is 18.9 Å². The third kappa shape index (κ3) is 2.35. The highest BCUT2D eigenvalue weighted by Crippen LogP contribution is 2.37. The molecule has 1 N–H and O–H groups in total. The highest BCUT2D eigenvalue weighted by molar-refractivity contribution is 5.66. The lowest BCUT2D eigenvalue weighted by Crippen LogP contribution is -2.40. The molecule has 0 amide bonds. The Labute approximate surface area is 84.8 Å². The van der Waals surface area contributed by atoms with Gasteiger partial charge in [-0.2, -0.15) is 0 Å². The maximum atomic E-state index is 10.9. The minimum atomic E-state index is -0.420. The van der Waals surface area contributed by atoms with Crippen LogP contribution >= 0.6 is 0 Å². The summed E-state index contributed by atoms with van der Waals surface area (Å²) in [4.78, 5) is 10.9. The normalized spacial score (nSPS) is 30.8. The van der Waals surface area contributed by atoms with Crippen LogP contribution in [0.3, 0.4) is 0 Å². The van der Waals surface area contributed by atoms with E-state index in [-0.39, 0.29) is 17.5 Å². The molecule has 0 radical (unpaired) electrons. The molecule has 1 aliphatic carbocycles. The van der Waals surface area contributed by atoms with Crippen molar-refractivity contribution in [2.75, 3.05) is 0 Å².